The van der Waals surface area contributed by atoms with E-state index in [1.165, 1.54) is 39.0 Å². The minimum absolute atomic E-state index is 0.0936. The molecule has 22 heavy (non-hydrogen) atoms. The lowest BCUT2D eigenvalue weighted by Gasteiger charge is -2.24. The number of nitrogens with one attached hydrogen (secondary N) is 1. The van der Waals surface area contributed by atoms with Gasteiger partial charge in [-0.1, -0.05) is 44.2 Å². The van der Waals surface area contributed by atoms with Crippen molar-refractivity contribution in [3.05, 3.63) is 29.8 Å². The van der Waals surface area contributed by atoms with Crippen LogP contribution in [-0.2, 0) is 15.0 Å². The fraction of sp³-hybridized carbons (Fsp3) is 0.556. The molecule has 2 fully saturated rings. The molecule has 0 spiro atoms. The van der Waals surface area contributed by atoms with Gasteiger partial charge in [-0.3, -0.25) is 9.59 Å². The smallest absolute Gasteiger partial charge is 0.228 e. The second-order valence-corrected chi connectivity index (χ2v) is 6.80. The average molecular weight is 300 g/mol. The molecule has 2 amide bonds. The summed E-state index contributed by atoms with van der Waals surface area (Å²) in [4.78, 5) is 23.2. The maximum atomic E-state index is 12.2. The van der Waals surface area contributed by atoms with E-state index in [0.717, 1.165) is 17.7 Å². The number of carbonyl (C=O) groups excluding carboxylic acids is 2. The van der Waals surface area contributed by atoms with E-state index in [1.54, 1.807) is 0 Å². The first-order valence-electron chi connectivity index (χ1n) is 8.22. The second-order valence-electron chi connectivity index (χ2n) is 6.80. The fourth-order valence-electron chi connectivity index (χ4n) is 4.21. The van der Waals surface area contributed by atoms with Gasteiger partial charge in [-0.05, 0) is 36.0 Å². The van der Waals surface area contributed by atoms with Crippen molar-refractivity contribution in [2.75, 3.05) is 5.32 Å². The summed E-state index contributed by atoms with van der Waals surface area (Å²) in [6.45, 7) is 1.48. The van der Waals surface area contributed by atoms with Crippen LogP contribution in [0.5, 0.6) is 0 Å². The molecule has 118 valence electrons. The summed E-state index contributed by atoms with van der Waals surface area (Å²) in [5.41, 5.74) is 7.06. The molecule has 2 atom stereocenters. The number of amides is 2. The third-order valence-corrected chi connectivity index (χ3v) is 5.39. The topological polar surface area (TPSA) is 72.2 Å². The Hall–Kier alpha value is -1.84. The van der Waals surface area contributed by atoms with Crippen molar-refractivity contribution in [2.24, 2.45) is 17.6 Å². The summed E-state index contributed by atoms with van der Waals surface area (Å²) in [7, 11) is 0. The lowest BCUT2D eigenvalue weighted by Crippen LogP contribution is -2.32. The molecule has 0 unspecified atom stereocenters. The summed E-state index contributed by atoms with van der Waals surface area (Å²) < 4.78 is 0. The number of anilines is 1. The first kappa shape index (κ1) is 15.1. The molecule has 0 saturated heterocycles. The molecule has 4 nitrogen and oxygen atoms in total. The van der Waals surface area contributed by atoms with E-state index >= 15 is 0 Å². The van der Waals surface area contributed by atoms with Gasteiger partial charge in [-0.25, -0.2) is 0 Å². The standard InChI is InChI=1S/C18H24N2O2/c1-12(21)20-15-9-7-14(8-10-15)18(17(19)22)11-16(18)13-5-3-2-4-6-13/h7-10,13,16H,2-6,11H2,1H3,(H2,19,22)(H,20,21)/t16-,18-/m0/s1. The van der Waals surface area contributed by atoms with E-state index in [1.807, 2.05) is 24.3 Å². The normalized spacial score (nSPS) is 28.1. The summed E-state index contributed by atoms with van der Waals surface area (Å²) >= 11 is 0. The quantitative estimate of drug-likeness (QED) is 0.897. The fourth-order valence-corrected chi connectivity index (χ4v) is 4.21. The Morgan fingerprint density at radius 1 is 1.14 bits per heavy atom. The maximum absolute atomic E-state index is 12.2. The summed E-state index contributed by atoms with van der Waals surface area (Å²) in [6, 6.07) is 7.60. The van der Waals surface area contributed by atoms with Gasteiger partial charge in [0.15, 0.2) is 0 Å². The first-order valence-corrected chi connectivity index (χ1v) is 8.22. The Bertz CT molecular complexity index is 575. The zero-order chi connectivity index (χ0) is 15.7. The Morgan fingerprint density at radius 3 is 2.32 bits per heavy atom. The van der Waals surface area contributed by atoms with Crippen LogP contribution in [0.2, 0.25) is 0 Å². The predicted octanol–water partition coefficient (Wildman–Crippen LogP) is 2.97. The van der Waals surface area contributed by atoms with Crippen LogP contribution in [0.4, 0.5) is 5.69 Å². The van der Waals surface area contributed by atoms with Gasteiger partial charge in [0.05, 0.1) is 5.41 Å². The number of hydrogen-bond donors (Lipinski definition) is 2. The highest BCUT2D eigenvalue weighted by atomic mass is 16.2. The molecule has 4 heteroatoms. The highest BCUT2D eigenvalue weighted by Crippen LogP contribution is 2.60. The van der Waals surface area contributed by atoms with E-state index in [9.17, 15) is 9.59 Å². The highest BCUT2D eigenvalue weighted by Gasteiger charge is 2.62. The molecule has 3 rings (SSSR count). The van der Waals surface area contributed by atoms with Crippen molar-refractivity contribution in [2.45, 2.75) is 50.9 Å². The lowest BCUT2D eigenvalue weighted by molar-refractivity contribution is -0.121. The SMILES string of the molecule is CC(=O)Nc1ccc([C@@]2(C(N)=O)C[C@H]2C2CCCCC2)cc1. The number of benzene rings is 1. The van der Waals surface area contributed by atoms with Gasteiger partial charge in [0, 0.05) is 12.6 Å². The van der Waals surface area contributed by atoms with E-state index in [0.29, 0.717) is 11.8 Å². The Morgan fingerprint density at radius 2 is 1.77 bits per heavy atom. The molecule has 0 radical (unpaired) electrons. The van der Waals surface area contributed by atoms with Crippen molar-refractivity contribution >= 4 is 17.5 Å². The summed E-state index contributed by atoms with van der Waals surface area (Å²) in [5.74, 6) is 0.743. The van der Waals surface area contributed by atoms with Gasteiger partial charge < -0.3 is 11.1 Å². The van der Waals surface area contributed by atoms with E-state index < -0.39 is 5.41 Å². The Balaban J connectivity index is 1.80. The lowest BCUT2D eigenvalue weighted by atomic mass is 9.80. The number of hydrogen-bond acceptors (Lipinski definition) is 2. The van der Waals surface area contributed by atoms with Gasteiger partial charge in [0.1, 0.15) is 0 Å². The van der Waals surface area contributed by atoms with Crippen LogP contribution in [0, 0.1) is 11.8 Å². The molecule has 2 aliphatic carbocycles. The zero-order valence-corrected chi connectivity index (χ0v) is 13.1. The van der Waals surface area contributed by atoms with E-state index in [-0.39, 0.29) is 11.8 Å². The predicted molar refractivity (Wildman–Crippen MR) is 86.3 cm³/mol. The molecule has 2 saturated carbocycles. The molecule has 0 bridgehead atoms. The van der Waals surface area contributed by atoms with Crippen molar-refractivity contribution in [3.8, 4) is 0 Å². The molecule has 0 aromatic heterocycles. The van der Waals surface area contributed by atoms with E-state index in [2.05, 4.69) is 5.32 Å². The molecular formula is C18H24N2O2. The third kappa shape index (κ3) is 2.62. The van der Waals surface area contributed by atoms with Crippen molar-refractivity contribution in [1.29, 1.82) is 0 Å². The van der Waals surface area contributed by atoms with Crippen LogP contribution in [0.25, 0.3) is 0 Å². The molecule has 0 aliphatic heterocycles. The maximum Gasteiger partial charge on any atom is 0.228 e. The molecular weight excluding hydrogens is 276 g/mol. The van der Waals surface area contributed by atoms with Gasteiger partial charge in [0.2, 0.25) is 11.8 Å². The van der Waals surface area contributed by atoms with Crippen molar-refractivity contribution < 1.29 is 9.59 Å². The van der Waals surface area contributed by atoms with Crippen LogP contribution in [-0.4, -0.2) is 11.8 Å². The second kappa shape index (κ2) is 5.75. The molecule has 1 aromatic rings. The number of carbonyl (C=O) groups is 2. The highest BCUT2D eigenvalue weighted by molar-refractivity contribution is 5.91. The van der Waals surface area contributed by atoms with Crippen molar-refractivity contribution in [3.63, 3.8) is 0 Å². The first-order chi connectivity index (χ1) is 10.5. The zero-order valence-electron chi connectivity index (χ0n) is 13.1. The third-order valence-electron chi connectivity index (χ3n) is 5.39. The summed E-state index contributed by atoms with van der Waals surface area (Å²) in [6.07, 6.45) is 7.20. The summed E-state index contributed by atoms with van der Waals surface area (Å²) in [5, 5.41) is 2.75. The largest absolute Gasteiger partial charge is 0.369 e. The number of rotatable bonds is 4. The minimum Gasteiger partial charge on any atom is -0.369 e. The van der Waals surface area contributed by atoms with Gasteiger partial charge >= 0.3 is 0 Å². The van der Waals surface area contributed by atoms with Crippen LogP contribution in [0.15, 0.2) is 24.3 Å². The number of nitrogens with two attached hydrogens (primary N) is 1. The van der Waals surface area contributed by atoms with Crippen LogP contribution < -0.4 is 11.1 Å². The average Bonchev–Trinajstić information content (AvgIpc) is 3.25. The van der Waals surface area contributed by atoms with Gasteiger partial charge in [-0.15, -0.1) is 0 Å². The molecule has 0 heterocycles. The van der Waals surface area contributed by atoms with E-state index in [4.69, 9.17) is 5.73 Å². The molecule has 3 N–H and O–H groups in total. The number of primary amides is 1. The Labute approximate surface area is 131 Å². The van der Waals surface area contributed by atoms with Crippen LogP contribution in [0.3, 0.4) is 0 Å². The Kier molecular flexibility index (Phi) is 3.94. The van der Waals surface area contributed by atoms with Gasteiger partial charge in [0.25, 0.3) is 0 Å². The molecule has 1 aromatic carbocycles. The van der Waals surface area contributed by atoms with Gasteiger partial charge in [-0.2, -0.15) is 0 Å². The monoisotopic (exact) mass is 300 g/mol. The van der Waals surface area contributed by atoms with Crippen LogP contribution in [0.1, 0.15) is 51.0 Å². The van der Waals surface area contributed by atoms with Crippen LogP contribution >= 0.6 is 0 Å². The molecule has 2 aliphatic rings. The minimum atomic E-state index is -0.475. The van der Waals surface area contributed by atoms with Crippen molar-refractivity contribution in [1.82, 2.24) is 0 Å².